The average Bonchev–Trinajstić information content (AvgIpc) is 2.22. The minimum Gasteiger partial charge on any atom is -0.396 e. The molecule has 0 aliphatic rings. The molecular formula is C11H25NO3S. The van der Waals surface area contributed by atoms with Gasteiger partial charge in [-0.05, 0) is 39.2 Å². The van der Waals surface area contributed by atoms with Crippen LogP contribution < -0.4 is 5.32 Å². The lowest BCUT2D eigenvalue weighted by Gasteiger charge is -2.10. The highest BCUT2D eigenvalue weighted by atomic mass is 32.2. The Balaban J connectivity index is 3.48. The molecule has 5 heteroatoms. The van der Waals surface area contributed by atoms with Crippen molar-refractivity contribution in [2.24, 2.45) is 5.92 Å². The summed E-state index contributed by atoms with van der Waals surface area (Å²) in [5.41, 5.74) is 0. The van der Waals surface area contributed by atoms with E-state index in [1.807, 2.05) is 6.92 Å². The van der Waals surface area contributed by atoms with Gasteiger partial charge in [-0.1, -0.05) is 6.92 Å². The van der Waals surface area contributed by atoms with Gasteiger partial charge < -0.3 is 10.4 Å². The van der Waals surface area contributed by atoms with E-state index in [-0.39, 0.29) is 17.6 Å². The van der Waals surface area contributed by atoms with E-state index >= 15 is 0 Å². The third-order valence-corrected chi connectivity index (χ3v) is 4.85. The van der Waals surface area contributed by atoms with Crippen LogP contribution in [-0.4, -0.2) is 44.2 Å². The van der Waals surface area contributed by atoms with Crippen molar-refractivity contribution < 1.29 is 13.5 Å². The number of hydrogen-bond acceptors (Lipinski definition) is 4. The van der Waals surface area contributed by atoms with E-state index in [4.69, 9.17) is 5.11 Å². The van der Waals surface area contributed by atoms with E-state index < -0.39 is 9.84 Å². The molecule has 1 atom stereocenters. The predicted octanol–water partition coefficient (Wildman–Crippen LogP) is 0.808. The van der Waals surface area contributed by atoms with E-state index in [9.17, 15) is 8.42 Å². The number of aliphatic hydroxyl groups excluding tert-OH is 1. The first-order chi connectivity index (χ1) is 7.40. The third-order valence-electron chi connectivity index (χ3n) is 2.64. The second-order valence-electron chi connectivity index (χ2n) is 4.60. The molecule has 0 radical (unpaired) electrons. The van der Waals surface area contributed by atoms with Crippen LogP contribution in [0.5, 0.6) is 0 Å². The lowest BCUT2D eigenvalue weighted by molar-refractivity contribution is 0.228. The maximum absolute atomic E-state index is 11.4. The Morgan fingerprint density at radius 1 is 1.19 bits per heavy atom. The van der Waals surface area contributed by atoms with Gasteiger partial charge in [0.1, 0.15) is 0 Å². The topological polar surface area (TPSA) is 66.4 Å². The first-order valence-corrected chi connectivity index (χ1v) is 7.65. The van der Waals surface area contributed by atoms with Crippen LogP contribution in [0.25, 0.3) is 0 Å². The maximum Gasteiger partial charge on any atom is 0.153 e. The summed E-state index contributed by atoms with van der Waals surface area (Å²) in [5.74, 6) is 0.543. The Labute approximate surface area is 99.4 Å². The van der Waals surface area contributed by atoms with Crippen LogP contribution in [0, 0.1) is 5.92 Å². The molecule has 0 heterocycles. The smallest absolute Gasteiger partial charge is 0.153 e. The Bertz CT molecular complexity index is 262. The maximum atomic E-state index is 11.4. The summed E-state index contributed by atoms with van der Waals surface area (Å²) in [5, 5.41) is 11.6. The van der Waals surface area contributed by atoms with Crippen LogP contribution in [0.15, 0.2) is 0 Å². The van der Waals surface area contributed by atoms with Gasteiger partial charge in [0.25, 0.3) is 0 Å². The van der Waals surface area contributed by atoms with E-state index in [1.165, 1.54) is 0 Å². The molecule has 0 saturated carbocycles. The lowest BCUT2D eigenvalue weighted by atomic mass is 10.1. The molecule has 0 spiro atoms. The van der Waals surface area contributed by atoms with Crippen molar-refractivity contribution in [3.05, 3.63) is 0 Å². The summed E-state index contributed by atoms with van der Waals surface area (Å²) in [6, 6.07) is 0. The van der Waals surface area contributed by atoms with Crippen molar-refractivity contribution in [2.45, 2.75) is 38.9 Å². The number of rotatable bonds is 9. The highest BCUT2D eigenvalue weighted by molar-refractivity contribution is 7.92. The van der Waals surface area contributed by atoms with Crippen molar-refractivity contribution >= 4 is 9.84 Å². The van der Waals surface area contributed by atoms with E-state index in [0.717, 1.165) is 19.4 Å². The largest absolute Gasteiger partial charge is 0.396 e. The molecule has 4 nitrogen and oxygen atoms in total. The fraction of sp³-hybridized carbons (Fsp3) is 1.00. The zero-order valence-corrected chi connectivity index (χ0v) is 11.4. The van der Waals surface area contributed by atoms with Crippen LogP contribution in [0.4, 0.5) is 0 Å². The molecule has 0 aromatic rings. The van der Waals surface area contributed by atoms with E-state index in [2.05, 4.69) is 5.32 Å². The van der Waals surface area contributed by atoms with E-state index in [0.29, 0.717) is 12.5 Å². The number of sulfone groups is 1. The SMILES string of the molecule is CC(CO)CCCNCCS(=O)(=O)C(C)C. The molecule has 0 aliphatic heterocycles. The fourth-order valence-electron chi connectivity index (χ4n) is 1.24. The van der Waals surface area contributed by atoms with Crippen LogP contribution in [0.2, 0.25) is 0 Å². The Morgan fingerprint density at radius 3 is 2.31 bits per heavy atom. The summed E-state index contributed by atoms with van der Waals surface area (Å²) in [4.78, 5) is 0. The number of hydrogen-bond donors (Lipinski definition) is 2. The molecule has 0 bridgehead atoms. The van der Waals surface area contributed by atoms with Gasteiger partial charge in [-0.15, -0.1) is 0 Å². The van der Waals surface area contributed by atoms with Crippen LogP contribution in [0.3, 0.4) is 0 Å². The van der Waals surface area contributed by atoms with Crippen LogP contribution in [0.1, 0.15) is 33.6 Å². The molecule has 0 aliphatic carbocycles. The van der Waals surface area contributed by atoms with Gasteiger partial charge in [0.15, 0.2) is 9.84 Å². The summed E-state index contributed by atoms with van der Waals surface area (Å²) in [6.45, 7) is 6.98. The quantitative estimate of drug-likeness (QED) is 0.595. The Kier molecular flexibility index (Phi) is 7.97. The molecule has 16 heavy (non-hydrogen) atoms. The molecule has 1 unspecified atom stereocenters. The second-order valence-corrected chi connectivity index (χ2v) is 7.27. The summed E-state index contributed by atoms with van der Waals surface area (Å²) < 4.78 is 22.9. The average molecular weight is 251 g/mol. The molecule has 0 amide bonds. The molecule has 0 aromatic carbocycles. The molecule has 0 rings (SSSR count). The molecule has 0 aromatic heterocycles. The third kappa shape index (κ3) is 7.19. The zero-order valence-electron chi connectivity index (χ0n) is 10.6. The lowest BCUT2D eigenvalue weighted by Crippen LogP contribution is -2.28. The van der Waals surface area contributed by atoms with Crippen molar-refractivity contribution in [3.63, 3.8) is 0 Å². The summed E-state index contributed by atoms with van der Waals surface area (Å²) in [7, 11) is -2.91. The summed E-state index contributed by atoms with van der Waals surface area (Å²) >= 11 is 0. The van der Waals surface area contributed by atoms with Crippen molar-refractivity contribution in [1.29, 1.82) is 0 Å². The molecule has 98 valence electrons. The highest BCUT2D eigenvalue weighted by Crippen LogP contribution is 2.03. The van der Waals surface area contributed by atoms with Crippen LogP contribution in [-0.2, 0) is 9.84 Å². The minimum absolute atomic E-state index is 0.209. The van der Waals surface area contributed by atoms with Crippen LogP contribution >= 0.6 is 0 Å². The standard InChI is InChI=1S/C11H25NO3S/c1-10(2)16(14,15)8-7-12-6-4-5-11(3)9-13/h10-13H,4-9H2,1-3H3. The Hall–Kier alpha value is -0.130. The van der Waals surface area contributed by atoms with Crippen molar-refractivity contribution in [2.75, 3.05) is 25.4 Å². The van der Waals surface area contributed by atoms with Crippen molar-refractivity contribution in [1.82, 2.24) is 5.32 Å². The first kappa shape index (κ1) is 15.9. The van der Waals surface area contributed by atoms with Crippen molar-refractivity contribution in [3.8, 4) is 0 Å². The molecule has 0 fully saturated rings. The highest BCUT2D eigenvalue weighted by Gasteiger charge is 2.14. The van der Waals surface area contributed by atoms with Gasteiger partial charge in [-0.3, -0.25) is 0 Å². The van der Waals surface area contributed by atoms with E-state index in [1.54, 1.807) is 13.8 Å². The van der Waals surface area contributed by atoms with Gasteiger partial charge in [-0.25, -0.2) is 8.42 Å². The number of aliphatic hydroxyl groups is 1. The fourth-order valence-corrected chi connectivity index (χ4v) is 2.14. The molecular weight excluding hydrogens is 226 g/mol. The predicted molar refractivity (Wildman–Crippen MR) is 67.3 cm³/mol. The van der Waals surface area contributed by atoms with Gasteiger partial charge in [-0.2, -0.15) is 0 Å². The zero-order chi connectivity index (χ0) is 12.6. The van der Waals surface area contributed by atoms with Gasteiger partial charge >= 0.3 is 0 Å². The van der Waals surface area contributed by atoms with Gasteiger partial charge in [0, 0.05) is 13.2 Å². The molecule has 0 saturated heterocycles. The Morgan fingerprint density at radius 2 is 1.81 bits per heavy atom. The van der Waals surface area contributed by atoms with Gasteiger partial charge in [0.05, 0.1) is 11.0 Å². The number of nitrogens with one attached hydrogen (secondary N) is 1. The normalized spacial score (nSPS) is 14.3. The van der Waals surface area contributed by atoms with Gasteiger partial charge in [0.2, 0.25) is 0 Å². The summed E-state index contributed by atoms with van der Waals surface area (Å²) in [6.07, 6.45) is 1.95. The monoisotopic (exact) mass is 251 g/mol. The second kappa shape index (κ2) is 8.03. The minimum atomic E-state index is -2.91. The molecule has 2 N–H and O–H groups in total. The first-order valence-electron chi connectivity index (χ1n) is 5.93.